The van der Waals surface area contributed by atoms with E-state index in [4.69, 9.17) is 9.47 Å². The Balaban J connectivity index is 1.49. The SMILES string of the molecule is O=C(OC[C@H]1O[C@@H](n2ccc(=O)[nH]c2=O)[C@H]2[C@@H]1S(=O)(=O)CCN2C1CCCCC1)c1ccccc1. The third-order valence-corrected chi connectivity index (χ3v) is 9.46. The van der Waals surface area contributed by atoms with Crippen molar-refractivity contribution in [3.05, 3.63) is 69.0 Å². The largest absolute Gasteiger partial charge is 0.459 e. The highest BCUT2D eigenvalue weighted by atomic mass is 32.2. The molecule has 1 saturated carbocycles. The van der Waals surface area contributed by atoms with Gasteiger partial charge in [0.15, 0.2) is 16.1 Å². The predicted octanol–water partition coefficient (Wildman–Crippen LogP) is 1.09. The van der Waals surface area contributed by atoms with E-state index in [0.717, 1.165) is 32.1 Å². The first-order valence-electron chi connectivity index (χ1n) is 12.0. The van der Waals surface area contributed by atoms with Gasteiger partial charge in [-0.1, -0.05) is 37.5 Å². The highest BCUT2D eigenvalue weighted by Gasteiger charge is 2.58. The highest BCUT2D eigenvalue weighted by Crippen LogP contribution is 2.42. The van der Waals surface area contributed by atoms with E-state index in [1.165, 1.54) is 16.8 Å². The summed E-state index contributed by atoms with van der Waals surface area (Å²) >= 11 is 0. The van der Waals surface area contributed by atoms with Gasteiger partial charge in [-0.05, 0) is 25.0 Å². The summed E-state index contributed by atoms with van der Waals surface area (Å²) in [5.74, 6) is -0.600. The molecule has 0 amide bonds. The third kappa shape index (κ3) is 4.72. The van der Waals surface area contributed by atoms with E-state index >= 15 is 0 Å². The first kappa shape index (κ1) is 24.0. The number of rotatable bonds is 5. The van der Waals surface area contributed by atoms with Gasteiger partial charge in [0.25, 0.3) is 5.56 Å². The molecule has 0 radical (unpaired) electrons. The van der Waals surface area contributed by atoms with Gasteiger partial charge in [0.2, 0.25) is 0 Å². The molecule has 4 atom stereocenters. The Bertz CT molecular complexity index is 1280. The van der Waals surface area contributed by atoms with E-state index in [2.05, 4.69) is 9.88 Å². The van der Waals surface area contributed by atoms with Crippen LogP contribution < -0.4 is 11.2 Å². The molecule has 5 rings (SSSR count). The molecule has 10 nitrogen and oxygen atoms in total. The number of benzene rings is 1. The van der Waals surface area contributed by atoms with Crippen LogP contribution in [0.5, 0.6) is 0 Å². The Morgan fingerprint density at radius 3 is 2.54 bits per heavy atom. The monoisotopic (exact) mass is 503 g/mol. The van der Waals surface area contributed by atoms with Crippen molar-refractivity contribution in [1.82, 2.24) is 14.5 Å². The number of carbonyl (C=O) groups is 1. The minimum atomic E-state index is -3.60. The van der Waals surface area contributed by atoms with Crippen LogP contribution in [-0.4, -0.2) is 71.2 Å². The summed E-state index contributed by atoms with van der Waals surface area (Å²) in [5.41, 5.74) is -0.866. The van der Waals surface area contributed by atoms with Crippen molar-refractivity contribution in [2.75, 3.05) is 18.9 Å². The van der Waals surface area contributed by atoms with Gasteiger partial charge in [-0.15, -0.1) is 0 Å². The molecular formula is C24H29N3O7S. The van der Waals surface area contributed by atoms with Crippen LogP contribution in [0.15, 0.2) is 52.2 Å². The lowest BCUT2D eigenvalue weighted by atomic mass is 9.92. The molecular weight excluding hydrogens is 474 g/mol. The Kier molecular flexibility index (Phi) is 6.65. The zero-order chi connectivity index (χ0) is 24.6. The van der Waals surface area contributed by atoms with Crippen LogP contribution in [-0.2, 0) is 19.3 Å². The Morgan fingerprint density at radius 1 is 1.09 bits per heavy atom. The van der Waals surface area contributed by atoms with Crippen LogP contribution >= 0.6 is 0 Å². The van der Waals surface area contributed by atoms with E-state index in [-0.39, 0.29) is 18.4 Å². The molecule has 11 heteroatoms. The number of carbonyl (C=O) groups excluding carboxylic acids is 1. The summed E-state index contributed by atoms with van der Waals surface area (Å²) < 4.78 is 39.6. The van der Waals surface area contributed by atoms with Crippen LogP contribution in [0.25, 0.3) is 0 Å². The Labute approximate surface area is 202 Å². The van der Waals surface area contributed by atoms with Crippen LogP contribution in [0.2, 0.25) is 0 Å². The lowest BCUT2D eigenvalue weighted by Crippen LogP contribution is -2.60. The van der Waals surface area contributed by atoms with Crippen molar-refractivity contribution in [3.8, 4) is 0 Å². The molecule has 3 aliphatic rings. The quantitative estimate of drug-likeness (QED) is 0.601. The van der Waals surface area contributed by atoms with Gasteiger partial charge in [-0.2, -0.15) is 0 Å². The van der Waals surface area contributed by atoms with Crippen LogP contribution in [0.4, 0.5) is 0 Å². The van der Waals surface area contributed by atoms with E-state index < -0.39 is 50.7 Å². The van der Waals surface area contributed by atoms with Crippen molar-refractivity contribution < 1.29 is 22.7 Å². The molecule has 1 aromatic carbocycles. The first-order valence-corrected chi connectivity index (χ1v) is 13.7. The Morgan fingerprint density at radius 2 is 1.83 bits per heavy atom. The first-order chi connectivity index (χ1) is 16.8. The van der Waals surface area contributed by atoms with Crippen molar-refractivity contribution in [3.63, 3.8) is 0 Å². The van der Waals surface area contributed by atoms with Crippen LogP contribution in [0, 0.1) is 0 Å². The maximum Gasteiger partial charge on any atom is 0.338 e. The molecule has 2 aliphatic heterocycles. The molecule has 0 spiro atoms. The summed E-state index contributed by atoms with van der Waals surface area (Å²) in [6, 6.07) is 9.20. The van der Waals surface area contributed by atoms with Crippen LogP contribution in [0.1, 0.15) is 48.7 Å². The zero-order valence-corrected chi connectivity index (χ0v) is 20.1. The van der Waals surface area contributed by atoms with Crippen molar-refractivity contribution in [2.45, 2.75) is 61.8 Å². The minimum absolute atomic E-state index is 0.0234. The molecule has 0 bridgehead atoms. The predicted molar refractivity (Wildman–Crippen MR) is 127 cm³/mol. The summed E-state index contributed by atoms with van der Waals surface area (Å²) in [5, 5.41) is -0.967. The molecule has 0 unspecified atom stereocenters. The number of H-pyrrole nitrogens is 1. The summed E-state index contributed by atoms with van der Waals surface area (Å²) in [7, 11) is -3.60. The van der Waals surface area contributed by atoms with E-state index in [0.29, 0.717) is 12.1 Å². The maximum absolute atomic E-state index is 13.3. The van der Waals surface area contributed by atoms with E-state index in [9.17, 15) is 22.8 Å². The van der Waals surface area contributed by atoms with Gasteiger partial charge in [0, 0.05) is 24.8 Å². The topological polar surface area (TPSA) is 128 Å². The number of nitrogens with one attached hydrogen (secondary N) is 1. The van der Waals surface area contributed by atoms with E-state index in [1.807, 2.05) is 0 Å². The van der Waals surface area contributed by atoms with Gasteiger partial charge in [-0.3, -0.25) is 19.2 Å². The van der Waals surface area contributed by atoms with Gasteiger partial charge < -0.3 is 9.47 Å². The molecule has 1 aliphatic carbocycles. The zero-order valence-electron chi connectivity index (χ0n) is 19.2. The standard InChI is InChI=1S/C24H29N3O7S/c28-19-11-12-27(24(30)25-19)22-20-21(18(34-22)15-33-23(29)16-7-3-1-4-8-16)35(31,32)14-13-26(20)17-9-5-2-6-10-17/h1,3-4,7-8,11-12,17-18,20-22H,2,5-6,9-10,13-15H2,(H,25,28,30)/t18-,20-,21-,22-/m1/s1. The van der Waals surface area contributed by atoms with Crippen molar-refractivity contribution >= 4 is 15.8 Å². The fraction of sp³-hybridized carbons (Fsp3) is 0.542. The number of nitrogens with zero attached hydrogens (tertiary/aromatic N) is 2. The molecule has 1 N–H and O–H groups in total. The van der Waals surface area contributed by atoms with Crippen molar-refractivity contribution in [2.24, 2.45) is 0 Å². The second kappa shape index (κ2) is 9.71. The lowest BCUT2D eigenvalue weighted by molar-refractivity contribution is -0.0538. The average molecular weight is 504 g/mol. The second-order valence-electron chi connectivity index (χ2n) is 9.40. The molecule has 2 saturated heterocycles. The smallest absolute Gasteiger partial charge is 0.338 e. The number of fused-ring (bicyclic) bond motifs is 1. The summed E-state index contributed by atoms with van der Waals surface area (Å²) in [4.78, 5) is 41.3. The number of aromatic nitrogens is 2. The number of esters is 1. The number of ether oxygens (including phenoxy) is 2. The Hall–Kier alpha value is -2.76. The highest BCUT2D eigenvalue weighted by molar-refractivity contribution is 7.92. The molecule has 3 fully saturated rings. The normalized spacial score (nSPS) is 28.9. The lowest BCUT2D eigenvalue weighted by Gasteiger charge is -2.45. The maximum atomic E-state index is 13.3. The van der Waals surface area contributed by atoms with E-state index in [1.54, 1.807) is 30.3 Å². The van der Waals surface area contributed by atoms with Crippen molar-refractivity contribution in [1.29, 1.82) is 0 Å². The molecule has 2 aromatic rings. The third-order valence-electron chi connectivity index (χ3n) is 7.30. The number of sulfone groups is 1. The van der Waals surface area contributed by atoms with Crippen LogP contribution in [0.3, 0.4) is 0 Å². The fourth-order valence-electron chi connectivity index (χ4n) is 5.68. The molecule has 35 heavy (non-hydrogen) atoms. The number of hydrogen-bond acceptors (Lipinski definition) is 8. The number of hydrogen-bond donors (Lipinski definition) is 1. The summed E-state index contributed by atoms with van der Waals surface area (Å²) in [6.45, 7) is 0.0872. The van der Waals surface area contributed by atoms with Gasteiger partial charge in [0.1, 0.15) is 18.0 Å². The minimum Gasteiger partial charge on any atom is -0.459 e. The molecule has 3 heterocycles. The fourth-order valence-corrected chi connectivity index (χ4v) is 7.74. The van der Waals surface area contributed by atoms with Gasteiger partial charge in [0.05, 0.1) is 17.4 Å². The summed E-state index contributed by atoms with van der Waals surface area (Å²) in [6.07, 6.45) is 4.61. The number of aromatic amines is 1. The molecule has 188 valence electrons. The molecule has 1 aromatic heterocycles. The van der Waals surface area contributed by atoms with Gasteiger partial charge in [-0.25, -0.2) is 18.0 Å². The van der Waals surface area contributed by atoms with Gasteiger partial charge >= 0.3 is 11.7 Å². The second-order valence-corrected chi connectivity index (χ2v) is 11.7. The average Bonchev–Trinajstić information content (AvgIpc) is 3.24.